The van der Waals surface area contributed by atoms with Gasteiger partial charge in [0, 0.05) is 11.1 Å². The molecule has 3 aromatic carbocycles. The van der Waals surface area contributed by atoms with E-state index in [4.69, 9.17) is 14.3 Å². The van der Waals surface area contributed by atoms with Crippen molar-refractivity contribution in [2.45, 2.75) is 5.92 Å². The smallest absolute Gasteiger partial charge is 0.409 e. The molecule has 0 atom stereocenters. The zero-order chi connectivity index (χ0) is 28.3. The molecule has 0 aliphatic rings. The number of para-hydroxylation sites is 2. The molecule has 0 saturated carbocycles. The number of carboxylic acid groups (broad SMARTS) is 1. The van der Waals surface area contributed by atoms with Crippen LogP contribution in [-0.4, -0.2) is 44.2 Å². The number of alkyl halides is 2. The summed E-state index contributed by atoms with van der Waals surface area (Å²) in [6, 6.07) is 19.9. The Hall–Kier alpha value is -5.59. The summed E-state index contributed by atoms with van der Waals surface area (Å²) in [5.74, 6) is -5.11. The number of benzene rings is 3. The molecule has 2 aromatic heterocycles. The first-order chi connectivity index (χ1) is 19.3. The summed E-state index contributed by atoms with van der Waals surface area (Å²) in [5, 5.41) is 25.3. The topological polar surface area (TPSA) is 144 Å². The van der Waals surface area contributed by atoms with Gasteiger partial charge in [0.05, 0.1) is 24.6 Å². The van der Waals surface area contributed by atoms with Crippen molar-refractivity contribution in [2.75, 3.05) is 17.7 Å². The molecule has 0 fully saturated rings. The minimum absolute atomic E-state index is 0.0232. The molecular weight excluding hydrogens is 526 g/mol. The second-order valence-electron chi connectivity index (χ2n) is 8.32. The van der Waals surface area contributed by atoms with E-state index in [1.807, 2.05) is 0 Å². The molecular formula is C27H20F2N6O5. The molecule has 40 heavy (non-hydrogen) atoms. The highest BCUT2D eigenvalue weighted by Gasteiger charge is 2.40. The third-order valence-corrected chi connectivity index (χ3v) is 5.75. The molecule has 0 bridgehead atoms. The van der Waals surface area contributed by atoms with Gasteiger partial charge in [0.1, 0.15) is 11.4 Å². The van der Waals surface area contributed by atoms with Crippen LogP contribution in [0.15, 0.2) is 89.5 Å². The lowest BCUT2D eigenvalue weighted by Crippen LogP contribution is -2.18. The van der Waals surface area contributed by atoms with Crippen LogP contribution in [0.2, 0.25) is 0 Å². The standard InChI is InChI=1S/C27H20F2N6O5/c1-39-21-10-6-5-9-19(21)24-32-33-25(40-24)27(28,29)17-13-11-16(12-14-17)23(36)31-22-20(30-26(37)38)15-35(34-22)18-7-3-2-4-8-18/h2-15,30H,1H3,(H,37,38)(H,31,34,36). The molecule has 0 aliphatic heterocycles. The van der Waals surface area contributed by atoms with Crippen LogP contribution in [0.3, 0.4) is 0 Å². The molecule has 0 radical (unpaired) electrons. The van der Waals surface area contributed by atoms with Crippen LogP contribution >= 0.6 is 0 Å². The van der Waals surface area contributed by atoms with Gasteiger partial charge >= 0.3 is 12.0 Å². The molecule has 2 heterocycles. The molecule has 13 heteroatoms. The third kappa shape index (κ3) is 5.20. The lowest BCUT2D eigenvalue weighted by atomic mass is 10.1. The van der Waals surface area contributed by atoms with Gasteiger partial charge < -0.3 is 19.6 Å². The minimum atomic E-state index is -3.66. The third-order valence-electron chi connectivity index (χ3n) is 5.75. The monoisotopic (exact) mass is 546 g/mol. The van der Waals surface area contributed by atoms with Crippen LogP contribution in [0.25, 0.3) is 17.1 Å². The number of methoxy groups -OCH3 is 1. The van der Waals surface area contributed by atoms with Crippen LogP contribution in [-0.2, 0) is 5.92 Å². The molecule has 0 spiro atoms. The lowest BCUT2D eigenvalue weighted by molar-refractivity contribution is 0.0135. The number of nitrogens with zero attached hydrogens (tertiary/aromatic N) is 4. The molecule has 2 amide bonds. The Morgan fingerprint density at radius 3 is 2.35 bits per heavy atom. The highest BCUT2D eigenvalue weighted by Crippen LogP contribution is 2.37. The Bertz CT molecular complexity index is 1670. The predicted molar refractivity (Wildman–Crippen MR) is 139 cm³/mol. The first-order valence-electron chi connectivity index (χ1n) is 11.7. The molecule has 3 N–H and O–H groups in total. The quantitative estimate of drug-likeness (QED) is 0.234. The van der Waals surface area contributed by atoms with Crippen molar-refractivity contribution >= 4 is 23.5 Å². The summed E-state index contributed by atoms with van der Waals surface area (Å²) < 4.78 is 42.3. The van der Waals surface area contributed by atoms with Gasteiger partial charge in [-0.25, -0.2) is 9.48 Å². The van der Waals surface area contributed by atoms with E-state index in [0.717, 1.165) is 12.1 Å². The summed E-state index contributed by atoms with van der Waals surface area (Å²) >= 11 is 0. The van der Waals surface area contributed by atoms with Gasteiger partial charge in [-0.05, 0) is 36.4 Å². The number of carbonyl (C=O) groups excluding carboxylic acids is 1. The number of halogens is 2. The molecule has 0 saturated heterocycles. The fourth-order valence-electron chi connectivity index (χ4n) is 3.80. The van der Waals surface area contributed by atoms with E-state index in [9.17, 15) is 9.59 Å². The van der Waals surface area contributed by atoms with Gasteiger partial charge in [-0.15, -0.1) is 15.3 Å². The fourth-order valence-corrected chi connectivity index (χ4v) is 3.80. The number of amides is 2. The number of rotatable bonds is 8. The van der Waals surface area contributed by atoms with Crippen LogP contribution in [0.4, 0.5) is 25.1 Å². The number of carbonyl (C=O) groups is 2. The fraction of sp³-hybridized carbons (Fsp3) is 0.0741. The van der Waals surface area contributed by atoms with Crippen molar-refractivity contribution in [1.29, 1.82) is 0 Å². The van der Waals surface area contributed by atoms with Crippen LogP contribution in [0.1, 0.15) is 21.8 Å². The number of hydrogen-bond acceptors (Lipinski definition) is 7. The summed E-state index contributed by atoms with van der Waals surface area (Å²) in [5.41, 5.74) is 0.544. The average Bonchev–Trinajstić information content (AvgIpc) is 3.62. The minimum Gasteiger partial charge on any atom is -0.496 e. The number of hydrogen-bond donors (Lipinski definition) is 3. The van der Waals surface area contributed by atoms with Crippen LogP contribution in [0, 0.1) is 0 Å². The van der Waals surface area contributed by atoms with Gasteiger partial charge in [-0.3, -0.25) is 10.1 Å². The number of ether oxygens (including phenoxy) is 1. The van der Waals surface area contributed by atoms with Crippen molar-refractivity contribution in [3.05, 3.63) is 102 Å². The van der Waals surface area contributed by atoms with Crippen molar-refractivity contribution in [3.63, 3.8) is 0 Å². The zero-order valence-corrected chi connectivity index (χ0v) is 20.7. The number of nitrogens with one attached hydrogen (secondary N) is 2. The first kappa shape index (κ1) is 26.0. The second kappa shape index (κ2) is 10.6. The normalized spacial score (nSPS) is 11.2. The largest absolute Gasteiger partial charge is 0.496 e. The Morgan fingerprint density at radius 1 is 0.950 bits per heavy atom. The van der Waals surface area contributed by atoms with Gasteiger partial charge in [0.15, 0.2) is 5.82 Å². The SMILES string of the molecule is COc1ccccc1-c1nnc(C(F)(F)c2ccc(C(=O)Nc3nn(-c4ccccc4)cc3NC(=O)O)cc2)o1. The van der Waals surface area contributed by atoms with Gasteiger partial charge in [-0.2, -0.15) is 8.78 Å². The number of aromatic nitrogens is 4. The maximum atomic E-state index is 15.2. The summed E-state index contributed by atoms with van der Waals surface area (Å²) in [4.78, 5) is 24.1. The molecule has 11 nitrogen and oxygen atoms in total. The van der Waals surface area contributed by atoms with Gasteiger partial charge in [0.25, 0.3) is 17.7 Å². The predicted octanol–water partition coefficient (Wildman–Crippen LogP) is 5.41. The maximum Gasteiger partial charge on any atom is 0.409 e. The molecule has 0 aliphatic carbocycles. The van der Waals surface area contributed by atoms with Gasteiger partial charge in [-0.1, -0.05) is 42.5 Å². The highest BCUT2D eigenvalue weighted by molar-refractivity contribution is 6.06. The Morgan fingerprint density at radius 2 is 1.65 bits per heavy atom. The number of anilines is 2. The van der Waals surface area contributed by atoms with Crippen molar-refractivity contribution in [3.8, 4) is 22.9 Å². The molecule has 5 aromatic rings. The molecule has 5 rings (SSSR count). The van der Waals surface area contributed by atoms with E-state index in [1.165, 1.54) is 30.1 Å². The van der Waals surface area contributed by atoms with Crippen LogP contribution in [0.5, 0.6) is 5.75 Å². The van der Waals surface area contributed by atoms with Crippen molar-refractivity contribution in [2.24, 2.45) is 0 Å². The summed E-state index contributed by atoms with van der Waals surface area (Å²) in [6.45, 7) is 0. The lowest BCUT2D eigenvalue weighted by Gasteiger charge is -2.13. The summed E-state index contributed by atoms with van der Waals surface area (Å²) in [6.07, 6.45) is 0.0384. The van der Waals surface area contributed by atoms with E-state index >= 15 is 8.78 Å². The zero-order valence-electron chi connectivity index (χ0n) is 20.7. The van der Waals surface area contributed by atoms with Crippen LogP contribution < -0.4 is 15.4 Å². The van der Waals surface area contributed by atoms with Crippen molar-refractivity contribution in [1.82, 2.24) is 20.0 Å². The van der Waals surface area contributed by atoms with Crippen molar-refractivity contribution < 1.29 is 32.6 Å². The average molecular weight is 546 g/mol. The molecule has 202 valence electrons. The Kier molecular flexibility index (Phi) is 6.93. The second-order valence-corrected chi connectivity index (χ2v) is 8.32. The van der Waals surface area contributed by atoms with E-state index in [2.05, 4.69) is 25.9 Å². The van der Waals surface area contributed by atoms with Gasteiger partial charge in [0.2, 0.25) is 0 Å². The van der Waals surface area contributed by atoms with E-state index in [-0.39, 0.29) is 23.0 Å². The van der Waals surface area contributed by atoms with E-state index in [1.54, 1.807) is 54.6 Å². The Labute approximate surface area is 225 Å². The van der Waals surface area contributed by atoms with E-state index in [0.29, 0.717) is 17.0 Å². The highest BCUT2D eigenvalue weighted by atomic mass is 19.3. The maximum absolute atomic E-state index is 15.2. The van der Waals surface area contributed by atoms with E-state index < -0.39 is 29.4 Å². The summed E-state index contributed by atoms with van der Waals surface area (Å²) in [7, 11) is 1.43. The Balaban J connectivity index is 1.35. The molecule has 0 unspecified atom stereocenters. The first-order valence-corrected chi connectivity index (χ1v) is 11.7.